The first-order valence-electron chi connectivity index (χ1n) is 9.20. The van der Waals surface area contributed by atoms with Gasteiger partial charge in [0.15, 0.2) is 8.38 Å². The molecule has 0 aromatic rings. The molecule has 9 heteroatoms. The maximum Gasteiger partial charge on any atom is 0.412 e. The highest BCUT2D eigenvalue weighted by Crippen LogP contribution is 2.37. The fraction of sp³-hybridized carbons (Fsp3) is 0.778. The summed E-state index contributed by atoms with van der Waals surface area (Å²) in [5, 5.41) is 12.3. The average molecular weight is 405 g/mol. The summed E-state index contributed by atoms with van der Waals surface area (Å²) in [5.74, 6) is 1.37. The van der Waals surface area contributed by atoms with E-state index in [-0.39, 0.29) is 0 Å². The number of nitrogens with one attached hydrogen (secondary N) is 1. The van der Waals surface area contributed by atoms with Crippen molar-refractivity contribution in [2.45, 2.75) is 78.7 Å². The number of ether oxygens (including phenoxy) is 2. The van der Waals surface area contributed by atoms with Crippen LogP contribution in [0.2, 0.25) is 0 Å². The molecule has 1 aliphatic carbocycles. The second kappa shape index (κ2) is 11.0. The SMILES string of the molecule is CC(OC(=O)NC(O)CCC1CCCC(=CP(O)O)C1)OC(=O)C(C)(C)C. The van der Waals surface area contributed by atoms with Crippen LogP contribution in [-0.4, -0.2) is 39.5 Å². The molecule has 1 amide bonds. The van der Waals surface area contributed by atoms with E-state index in [1.807, 2.05) is 0 Å². The van der Waals surface area contributed by atoms with Crippen molar-refractivity contribution in [2.75, 3.05) is 0 Å². The molecule has 0 spiro atoms. The van der Waals surface area contributed by atoms with Gasteiger partial charge in [-0.2, -0.15) is 0 Å². The van der Waals surface area contributed by atoms with Crippen molar-refractivity contribution >= 4 is 20.4 Å². The van der Waals surface area contributed by atoms with Gasteiger partial charge in [0.05, 0.1) is 5.41 Å². The standard InChI is InChI=1S/C18H32NO7P/c1-12(25-16(21)18(2,3)4)26-17(22)19-15(20)9-8-13-6-5-7-14(10-13)11-27(23)24/h11-13,15,20,23-24H,5-10H2,1-4H3,(H,19,22). The van der Waals surface area contributed by atoms with Crippen LogP contribution in [0.15, 0.2) is 11.4 Å². The summed E-state index contributed by atoms with van der Waals surface area (Å²) in [6, 6.07) is 0. The fourth-order valence-electron chi connectivity index (χ4n) is 2.86. The summed E-state index contributed by atoms with van der Waals surface area (Å²) in [6.07, 6.45) is 1.70. The summed E-state index contributed by atoms with van der Waals surface area (Å²) in [6.45, 7) is 6.52. The Balaban J connectivity index is 2.32. The van der Waals surface area contributed by atoms with Crippen LogP contribution in [0.1, 0.15) is 66.2 Å². The fourth-order valence-corrected chi connectivity index (χ4v) is 3.42. The molecule has 3 atom stereocenters. The zero-order valence-corrected chi connectivity index (χ0v) is 17.4. The topological polar surface area (TPSA) is 125 Å². The van der Waals surface area contributed by atoms with Crippen LogP contribution < -0.4 is 5.32 Å². The summed E-state index contributed by atoms with van der Waals surface area (Å²) in [5.41, 5.74) is 0.340. The van der Waals surface area contributed by atoms with Gasteiger partial charge in [-0.15, -0.1) is 0 Å². The van der Waals surface area contributed by atoms with Crippen LogP contribution >= 0.6 is 8.38 Å². The Morgan fingerprint density at radius 3 is 2.59 bits per heavy atom. The third-order valence-electron chi connectivity index (χ3n) is 4.25. The van der Waals surface area contributed by atoms with E-state index < -0.39 is 38.4 Å². The predicted molar refractivity (Wildman–Crippen MR) is 101 cm³/mol. The lowest BCUT2D eigenvalue weighted by Gasteiger charge is -2.25. The van der Waals surface area contributed by atoms with E-state index in [4.69, 9.17) is 19.3 Å². The molecule has 1 aliphatic rings. The Bertz CT molecular complexity index is 530. The van der Waals surface area contributed by atoms with Gasteiger partial charge in [-0.3, -0.25) is 10.1 Å². The molecule has 0 aliphatic heterocycles. The highest BCUT2D eigenvalue weighted by Gasteiger charge is 2.26. The number of amides is 1. The summed E-state index contributed by atoms with van der Waals surface area (Å²) in [7, 11) is -2.02. The molecule has 0 aromatic heterocycles. The van der Waals surface area contributed by atoms with Crippen molar-refractivity contribution < 1.29 is 34.0 Å². The van der Waals surface area contributed by atoms with Gasteiger partial charge in [0, 0.05) is 6.92 Å². The number of allylic oxidation sites excluding steroid dienone is 1. The second-order valence-electron chi connectivity index (χ2n) is 7.94. The van der Waals surface area contributed by atoms with Gasteiger partial charge in [-0.1, -0.05) is 5.57 Å². The summed E-state index contributed by atoms with van der Waals surface area (Å²) < 4.78 is 9.94. The number of rotatable bonds is 7. The van der Waals surface area contributed by atoms with E-state index in [9.17, 15) is 14.7 Å². The van der Waals surface area contributed by atoms with E-state index in [1.165, 1.54) is 12.7 Å². The van der Waals surface area contributed by atoms with Crippen molar-refractivity contribution in [1.29, 1.82) is 0 Å². The molecule has 1 rings (SSSR count). The number of aliphatic hydroxyl groups excluding tert-OH is 1. The number of alkyl carbamates (subject to hydrolysis) is 1. The van der Waals surface area contributed by atoms with Crippen LogP contribution in [0.3, 0.4) is 0 Å². The molecule has 1 saturated carbocycles. The van der Waals surface area contributed by atoms with Gasteiger partial charge in [-0.25, -0.2) is 4.79 Å². The lowest BCUT2D eigenvalue weighted by Crippen LogP contribution is -2.38. The molecule has 0 bridgehead atoms. The van der Waals surface area contributed by atoms with Crippen molar-refractivity contribution in [1.82, 2.24) is 5.32 Å². The van der Waals surface area contributed by atoms with E-state index in [1.54, 1.807) is 20.8 Å². The minimum absolute atomic E-state index is 0.332. The molecule has 0 saturated heterocycles. The Kier molecular flexibility index (Phi) is 9.67. The number of carbonyl (C=O) groups is 2. The third-order valence-corrected chi connectivity index (χ3v) is 4.85. The number of esters is 1. The van der Waals surface area contributed by atoms with E-state index >= 15 is 0 Å². The first kappa shape index (κ1) is 23.8. The summed E-state index contributed by atoms with van der Waals surface area (Å²) in [4.78, 5) is 41.7. The van der Waals surface area contributed by atoms with Crippen molar-refractivity contribution in [3.8, 4) is 0 Å². The highest BCUT2D eigenvalue weighted by molar-refractivity contribution is 7.48. The Morgan fingerprint density at radius 1 is 1.33 bits per heavy atom. The van der Waals surface area contributed by atoms with Crippen molar-refractivity contribution in [3.63, 3.8) is 0 Å². The van der Waals surface area contributed by atoms with Crippen LogP contribution in [0.25, 0.3) is 0 Å². The minimum atomic E-state index is -2.02. The minimum Gasteiger partial charge on any atom is -0.425 e. The average Bonchev–Trinajstić information content (AvgIpc) is 2.51. The van der Waals surface area contributed by atoms with Gasteiger partial charge in [0.25, 0.3) is 0 Å². The number of hydrogen-bond acceptors (Lipinski definition) is 7. The van der Waals surface area contributed by atoms with Crippen LogP contribution in [0, 0.1) is 11.3 Å². The lowest BCUT2D eigenvalue weighted by molar-refractivity contribution is -0.174. The molecular weight excluding hydrogens is 373 g/mol. The van der Waals surface area contributed by atoms with Gasteiger partial charge in [-0.05, 0) is 71.0 Å². The third kappa shape index (κ3) is 10.1. The lowest BCUT2D eigenvalue weighted by atomic mass is 9.83. The molecule has 156 valence electrons. The normalized spacial score (nSPS) is 21.6. The number of aliphatic hydroxyl groups is 1. The van der Waals surface area contributed by atoms with Gasteiger partial charge in [0.1, 0.15) is 6.23 Å². The molecule has 8 nitrogen and oxygen atoms in total. The van der Waals surface area contributed by atoms with Gasteiger partial charge >= 0.3 is 12.1 Å². The number of hydrogen-bond donors (Lipinski definition) is 4. The Morgan fingerprint density at radius 2 is 2.00 bits per heavy atom. The zero-order valence-electron chi connectivity index (χ0n) is 16.5. The summed E-state index contributed by atoms with van der Waals surface area (Å²) >= 11 is 0. The molecular formula is C18H32NO7P. The second-order valence-corrected chi connectivity index (χ2v) is 8.83. The largest absolute Gasteiger partial charge is 0.425 e. The first-order valence-corrected chi connectivity index (χ1v) is 10.5. The highest BCUT2D eigenvalue weighted by atomic mass is 31.2. The molecule has 0 aromatic carbocycles. The maximum atomic E-state index is 11.8. The first-order chi connectivity index (χ1) is 12.5. The predicted octanol–water partition coefficient (Wildman–Crippen LogP) is 3.12. The maximum absolute atomic E-state index is 11.8. The quantitative estimate of drug-likeness (QED) is 0.291. The molecule has 0 radical (unpaired) electrons. The molecule has 0 heterocycles. The van der Waals surface area contributed by atoms with Gasteiger partial charge < -0.3 is 24.4 Å². The molecule has 3 unspecified atom stereocenters. The van der Waals surface area contributed by atoms with Crippen molar-refractivity contribution in [2.24, 2.45) is 11.3 Å². The van der Waals surface area contributed by atoms with Crippen LogP contribution in [-0.2, 0) is 14.3 Å². The molecule has 1 fully saturated rings. The smallest absolute Gasteiger partial charge is 0.412 e. The molecule has 27 heavy (non-hydrogen) atoms. The zero-order chi connectivity index (χ0) is 20.6. The van der Waals surface area contributed by atoms with E-state index in [0.29, 0.717) is 18.8 Å². The van der Waals surface area contributed by atoms with E-state index in [2.05, 4.69) is 5.32 Å². The number of carbonyl (C=O) groups excluding carboxylic acids is 2. The Hall–Kier alpha value is -1.21. The van der Waals surface area contributed by atoms with E-state index in [0.717, 1.165) is 31.3 Å². The van der Waals surface area contributed by atoms with Gasteiger partial charge in [0.2, 0.25) is 6.29 Å². The van der Waals surface area contributed by atoms with Crippen LogP contribution in [0.4, 0.5) is 4.79 Å². The monoisotopic (exact) mass is 405 g/mol. The van der Waals surface area contributed by atoms with Crippen LogP contribution in [0.5, 0.6) is 0 Å². The molecule has 4 N–H and O–H groups in total. The Labute approximate surface area is 161 Å². The van der Waals surface area contributed by atoms with Crippen molar-refractivity contribution in [3.05, 3.63) is 11.4 Å².